The highest BCUT2D eigenvalue weighted by atomic mass is 19.4. The zero-order valence-corrected chi connectivity index (χ0v) is 22.8. The number of ether oxygens (including phenoxy) is 1. The number of rotatable bonds is 7. The van der Waals surface area contributed by atoms with Crippen LogP contribution < -0.4 is 5.32 Å². The predicted molar refractivity (Wildman–Crippen MR) is 142 cm³/mol. The highest BCUT2D eigenvalue weighted by molar-refractivity contribution is 5.86. The van der Waals surface area contributed by atoms with Gasteiger partial charge in [0.05, 0.1) is 17.6 Å². The lowest BCUT2D eigenvalue weighted by Crippen LogP contribution is -2.51. The summed E-state index contributed by atoms with van der Waals surface area (Å²) >= 11 is 0. The number of halogens is 3. The van der Waals surface area contributed by atoms with Gasteiger partial charge < -0.3 is 24.8 Å². The number of carbonyl (C=O) groups is 1. The third kappa shape index (κ3) is 5.34. The van der Waals surface area contributed by atoms with Crippen LogP contribution in [0.4, 0.5) is 13.2 Å². The Morgan fingerprint density at radius 3 is 2.71 bits per heavy atom. The number of carbonyl (C=O) groups excluding carboxylic acids is 1. The molecule has 9 heteroatoms. The molecule has 0 spiro atoms. The Hall–Kier alpha value is -2.10. The average molecular weight is 535 g/mol. The van der Waals surface area contributed by atoms with Crippen molar-refractivity contribution in [3.63, 3.8) is 0 Å². The molecule has 2 fully saturated rings. The van der Waals surface area contributed by atoms with Crippen molar-refractivity contribution in [1.29, 1.82) is 0 Å². The van der Waals surface area contributed by atoms with Crippen LogP contribution in [0.5, 0.6) is 0 Å². The fourth-order valence-electron chi connectivity index (χ4n) is 7.19. The van der Waals surface area contributed by atoms with E-state index in [1.54, 1.807) is 13.2 Å². The Kier molecular flexibility index (Phi) is 7.82. The van der Waals surface area contributed by atoms with Gasteiger partial charge in [-0.05, 0) is 107 Å². The van der Waals surface area contributed by atoms with Crippen molar-refractivity contribution in [1.82, 2.24) is 20.1 Å². The van der Waals surface area contributed by atoms with Gasteiger partial charge in [0.1, 0.15) is 0 Å². The van der Waals surface area contributed by atoms with E-state index >= 15 is 0 Å². The summed E-state index contributed by atoms with van der Waals surface area (Å²) in [5, 5.41) is 3.82. The Bertz CT molecular complexity index is 1140. The van der Waals surface area contributed by atoms with Crippen molar-refractivity contribution in [2.45, 2.75) is 51.1 Å². The van der Waals surface area contributed by atoms with Gasteiger partial charge in [-0.25, -0.2) is 0 Å². The molecule has 1 aromatic carbocycles. The maximum atomic E-state index is 13.5. The molecule has 2 N–H and O–H groups in total. The second-order valence-electron chi connectivity index (χ2n) is 11.9. The molecule has 3 aliphatic rings. The van der Waals surface area contributed by atoms with Crippen molar-refractivity contribution in [2.24, 2.45) is 17.3 Å². The van der Waals surface area contributed by atoms with Crippen LogP contribution >= 0.6 is 0 Å². The molecule has 0 bridgehead atoms. The minimum Gasteiger partial charge on any atom is -0.383 e. The van der Waals surface area contributed by atoms with Crippen molar-refractivity contribution >= 4 is 16.8 Å². The predicted octanol–water partition coefficient (Wildman–Crippen LogP) is 4.65. The molecule has 2 aromatic rings. The Labute approximate surface area is 223 Å². The Balaban J connectivity index is 1.30. The van der Waals surface area contributed by atoms with Gasteiger partial charge in [-0.2, -0.15) is 13.2 Å². The van der Waals surface area contributed by atoms with Crippen molar-refractivity contribution in [2.75, 3.05) is 60.0 Å². The van der Waals surface area contributed by atoms with Gasteiger partial charge in [-0.15, -0.1) is 0 Å². The Morgan fingerprint density at radius 2 is 2.00 bits per heavy atom. The summed E-state index contributed by atoms with van der Waals surface area (Å²) in [4.78, 5) is 21.5. The van der Waals surface area contributed by atoms with E-state index < -0.39 is 11.7 Å². The summed E-state index contributed by atoms with van der Waals surface area (Å²) in [6.07, 6.45) is 0.177. The topological polar surface area (TPSA) is 60.6 Å². The van der Waals surface area contributed by atoms with E-state index in [0.29, 0.717) is 25.0 Å². The van der Waals surface area contributed by atoms with Crippen LogP contribution in [0.25, 0.3) is 10.9 Å². The fraction of sp³-hybridized carbons (Fsp3) is 0.690. The van der Waals surface area contributed by atoms with Gasteiger partial charge in [0, 0.05) is 36.8 Å². The first-order chi connectivity index (χ1) is 18.1. The first-order valence-electron chi connectivity index (χ1n) is 14.0. The van der Waals surface area contributed by atoms with Gasteiger partial charge in [0.25, 0.3) is 0 Å². The van der Waals surface area contributed by atoms with Gasteiger partial charge in [-0.3, -0.25) is 4.79 Å². The van der Waals surface area contributed by atoms with E-state index in [0.717, 1.165) is 87.0 Å². The van der Waals surface area contributed by atoms with E-state index in [-0.39, 0.29) is 17.2 Å². The van der Waals surface area contributed by atoms with Gasteiger partial charge in [-0.1, -0.05) is 6.92 Å². The number of aromatic nitrogens is 1. The summed E-state index contributed by atoms with van der Waals surface area (Å²) in [6.45, 7) is 7.87. The Morgan fingerprint density at radius 1 is 1.24 bits per heavy atom. The lowest BCUT2D eigenvalue weighted by atomic mass is 9.68. The van der Waals surface area contributed by atoms with Crippen LogP contribution in [0.1, 0.15) is 55.3 Å². The van der Waals surface area contributed by atoms with Gasteiger partial charge >= 0.3 is 6.18 Å². The second kappa shape index (κ2) is 10.8. The molecule has 38 heavy (non-hydrogen) atoms. The first-order valence-corrected chi connectivity index (χ1v) is 14.0. The lowest BCUT2D eigenvalue weighted by molar-refractivity contribution is -0.137. The summed E-state index contributed by atoms with van der Waals surface area (Å²) in [5.41, 5.74) is 2.04. The smallest absolute Gasteiger partial charge is 0.383 e. The number of hydrogen-bond acceptors (Lipinski definition) is 4. The number of amides is 1. The minimum absolute atomic E-state index is 0.146. The highest BCUT2D eigenvalue weighted by Crippen LogP contribution is 2.47. The molecule has 0 unspecified atom stereocenters. The number of likely N-dealkylation sites (tertiary alicyclic amines) is 2. The van der Waals surface area contributed by atoms with Crippen molar-refractivity contribution in [3.8, 4) is 0 Å². The van der Waals surface area contributed by atoms with E-state index in [9.17, 15) is 18.0 Å². The summed E-state index contributed by atoms with van der Waals surface area (Å²) < 4.78 is 45.5. The number of H-pyrrole nitrogens is 1. The monoisotopic (exact) mass is 534 g/mol. The summed E-state index contributed by atoms with van der Waals surface area (Å²) in [7, 11) is 3.75. The minimum atomic E-state index is -4.35. The first kappa shape index (κ1) is 27.5. The maximum Gasteiger partial charge on any atom is 0.416 e. The van der Waals surface area contributed by atoms with E-state index in [2.05, 4.69) is 34.1 Å². The fourth-order valence-corrected chi connectivity index (χ4v) is 7.19. The van der Waals surface area contributed by atoms with Crippen LogP contribution in [0.2, 0.25) is 0 Å². The molecule has 2 aliphatic heterocycles. The number of nitrogens with one attached hydrogen (secondary N) is 2. The molecule has 2 saturated heterocycles. The number of piperidine rings is 2. The van der Waals surface area contributed by atoms with Crippen LogP contribution in [0.3, 0.4) is 0 Å². The van der Waals surface area contributed by atoms with E-state index in [1.807, 2.05) is 0 Å². The average Bonchev–Trinajstić information content (AvgIpc) is 3.26. The number of fused-ring (bicyclic) bond motifs is 4. The molecule has 6 nitrogen and oxygen atoms in total. The molecule has 5 rings (SSSR count). The van der Waals surface area contributed by atoms with Crippen LogP contribution in [0, 0.1) is 17.3 Å². The lowest BCUT2D eigenvalue weighted by Gasteiger charge is -2.46. The van der Waals surface area contributed by atoms with Crippen molar-refractivity contribution in [3.05, 3.63) is 35.0 Å². The number of benzene rings is 1. The zero-order chi connectivity index (χ0) is 27.1. The largest absolute Gasteiger partial charge is 0.416 e. The van der Waals surface area contributed by atoms with Crippen LogP contribution in [-0.4, -0.2) is 80.7 Å². The number of methoxy groups -OCH3 is 1. The standard InChI is InChI=1S/C29H41F3N4O2/c1-19-23-18-36(14-9-28(7-12-35(2)13-8-28)27(37)33-10-15-38-3)11-6-20(23)16-25-26(19)22-17-21(29(30,31)32)4-5-24(22)34-25/h4-5,17,19-20,23,34H,6-16,18H2,1-3H3,(H,33,37)/t19-,20-,23-/m1/s1. The van der Waals surface area contributed by atoms with Crippen LogP contribution in [-0.2, 0) is 22.1 Å². The van der Waals surface area contributed by atoms with E-state index in [4.69, 9.17) is 4.74 Å². The van der Waals surface area contributed by atoms with Crippen LogP contribution in [0.15, 0.2) is 18.2 Å². The molecule has 210 valence electrons. The zero-order valence-electron chi connectivity index (χ0n) is 22.8. The second-order valence-corrected chi connectivity index (χ2v) is 11.9. The van der Waals surface area contributed by atoms with Gasteiger partial charge in [0.2, 0.25) is 5.91 Å². The number of hydrogen-bond donors (Lipinski definition) is 2. The third-order valence-corrected chi connectivity index (χ3v) is 9.63. The molecular weight excluding hydrogens is 493 g/mol. The number of nitrogens with zero attached hydrogens (tertiary/aromatic N) is 2. The summed E-state index contributed by atoms with van der Waals surface area (Å²) in [6, 6.07) is 4.08. The molecular formula is C29H41F3N4O2. The summed E-state index contributed by atoms with van der Waals surface area (Å²) in [5.74, 6) is 1.25. The maximum absolute atomic E-state index is 13.5. The molecule has 3 atom stereocenters. The number of aromatic amines is 1. The normalized spacial score (nSPS) is 26.2. The quantitative estimate of drug-likeness (QED) is 0.508. The molecule has 1 aromatic heterocycles. The molecule has 3 heterocycles. The molecule has 0 saturated carbocycles. The van der Waals surface area contributed by atoms with Crippen molar-refractivity contribution < 1.29 is 22.7 Å². The molecule has 1 amide bonds. The van der Waals surface area contributed by atoms with Gasteiger partial charge in [0.15, 0.2) is 0 Å². The highest BCUT2D eigenvalue weighted by Gasteiger charge is 2.43. The third-order valence-electron chi connectivity index (χ3n) is 9.63. The SMILES string of the molecule is COCCNC(=O)C1(CCN2CC[C@@H]3Cc4[nH]c5ccc(C(F)(F)F)cc5c4[C@H](C)[C@H]3C2)CCN(C)CC1. The molecule has 1 aliphatic carbocycles. The molecule has 0 radical (unpaired) electrons. The number of alkyl halides is 3. The van der Waals surface area contributed by atoms with E-state index in [1.165, 1.54) is 12.1 Å².